The van der Waals surface area contributed by atoms with Gasteiger partial charge in [0, 0.05) is 6.07 Å². The maximum absolute atomic E-state index is 13.0. The lowest BCUT2D eigenvalue weighted by atomic mass is 10.0. The Morgan fingerprint density at radius 1 is 1.38 bits per heavy atom. The molecule has 0 bridgehead atoms. The predicted molar refractivity (Wildman–Crippen MR) is 89.3 cm³/mol. The fraction of sp³-hybridized carbons (Fsp3) is 0.200. The van der Waals surface area contributed by atoms with Gasteiger partial charge in [-0.2, -0.15) is 0 Å². The summed E-state index contributed by atoms with van der Waals surface area (Å²) in [5, 5.41) is 14.9. The van der Waals surface area contributed by atoms with Crippen LogP contribution in [0.2, 0.25) is 0 Å². The van der Waals surface area contributed by atoms with Crippen LogP contribution in [-0.2, 0) is 4.79 Å². The van der Waals surface area contributed by atoms with Crippen LogP contribution in [0.3, 0.4) is 0 Å². The predicted octanol–water partition coefficient (Wildman–Crippen LogP) is 2.13. The largest absolute Gasteiger partial charge is 0.481 e. The monoisotopic (exact) mass is 350 g/mol. The first-order valence-corrected chi connectivity index (χ1v) is 7.29. The number of nitrogens with zero attached hydrogens (tertiary/aromatic N) is 2. The molecule has 1 atom stereocenters. The molecule has 7 nitrogen and oxygen atoms in total. The fourth-order valence-corrected chi connectivity index (χ4v) is 2.20. The quantitative estimate of drug-likeness (QED) is 0.682. The minimum Gasteiger partial charge on any atom is -0.481 e. The van der Waals surface area contributed by atoms with Crippen molar-refractivity contribution in [3.8, 4) is 5.88 Å². The highest BCUT2D eigenvalue weighted by Gasteiger charge is 2.17. The number of ether oxygens (including phenoxy) is 1. The number of carbonyl (C=O) groups is 1. The maximum atomic E-state index is 13.0. The van der Waals surface area contributed by atoms with Crippen LogP contribution in [-0.4, -0.2) is 33.3 Å². The summed E-state index contributed by atoms with van der Waals surface area (Å²) < 4.78 is 18.0. The molecule has 24 heavy (non-hydrogen) atoms. The first kappa shape index (κ1) is 17.5. The van der Waals surface area contributed by atoms with Gasteiger partial charge >= 0.3 is 5.97 Å². The van der Waals surface area contributed by atoms with Gasteiger partial charge in [-0.1, -0.05) is 12.1 Å². The SMILES string of the molecule is COc1cc(NC(=S)N[C@H](CC(=O)O)c2ccc(F)cc2)ncn1. The minimum atomic E-state index is -1.01. The molecule has 0 aliphatic heterocycles. The molecule has 0 radical (unpaired) electrons. The first-order chi connectivity index (χ1) is 11.5. The summed E-state index contributed by atoms with van der Waals surface area (Å²) in [6, 6.07) is 6.46. The van der Waals surface area contributed by atoms with Crippen LogP contribution in [0.15, 0.2) is 36.7 Å². The molecule has 0 saturated carbocycles. The van der Waals surface area contributed by atoms with Gasteiger partial charge in [-0.05, 0) is 29.9 Å². The second-order valence-electron chi connectivity index (χ2n) is 4.75. The Kier molecular flexibility index (Phi) is 5.96. The van der Waals surface area contributed by atoms with Gasteiger partial charge in [0.15, 0.2) is 5.11 Å². The van der Waals surface area contributed by atoms with Crippen molar-refractivity contribution < 1.29 is 19.0 Å². The van der Waals surface area contributed by atoms with Gasteiger partial charge in [-0.15, -0.1) is 0 Å². The van der Waals surface area contributed by atoms with Gasteiger partial charge in [0.1, 0.15) is 18.0 Å². The number of benzene rings is 1. The van der Waals surface area contributed by atoms with E-state index in [1.54, 1.807) is 0 Å². The van der Waals surface area contributed by atoms with Crippen LogP contribution >= 0.6 is 12.2 Å². The smallest absolute Gasteiger partial charge is 0.305 e. The number of halogens is 1. The highest BCUT2D eigenvalue weighted by molar-refractivity contribution is 7.80. The van der Waals surface area contributed by atoms with Crippen molar-refractivity contribution >= 4 is 29.1 Å². The van der Waals surface area contributed by atoms with Crippen molar-refractivity contribution in [3.63, 3.8) is 0 Å². The lowest BCUT2D eigenvalue weighted by Crippen LogP contribution is -2.33. The number of methoxy groups -OCH3 is 1. The standard InChI is InChI=1S/C15H15FN4O3S/c1-23-13-7-12(17-8-18-13)20-15(24)19-11(6-14(21)22)9-2-4-10(16)5-3-9/h2-5,7-8,11H,6H2,1H3,(H,21,22)(H2,17,18,19,20,24)/t11-/m1/s1. The van der Waals surface area contributed by atoms with Crippen molar-refractivity contribution in [2.24, 2.45) is 0 Å². The Bertz CT molecular complexity index is 727. The van der Waals surface area contributed by atoms with Gasteiger partial charge in [0.2, 0.25) is 5.88 Å². The summed E-state index contributed by atoms with van der Waals surface area (Å²) in [5.74, 6) is -0.659. The zero-order valence-electron chi connectivity index (χ0n) is 12.7. The zero-order chi connectivity index (χ0) is 17.5. The fourth-order valence-electron chi connectivity index (χ4n) is 1.95. The number of carboxylic acids is 1. The van der Waals surface area contributed by atoms with Gasteiger partial charge in [-0.3, -0.25) is 4.79 Å². The lowest BCUT2D eigenvalue weighted by molar-refractivity contribution is -0.137. The lowest BCUT2D eigenvalue weighted by Gasteiger charge is -2.19. The number of rotatable bonds is 6. The van der Waals surface area contributed by atoms with Gasteiger partial charge in [0.25, 0.3) is 0 Å². The van der Waals surface area contributed by atoms with E-state index in [1.807, 2.05) is 0 Å². The number of hydrogen-bond acceptors (Lipinski definition) is 5. The molecule has 2 rings (SSSR count). The van der Waals surface area contributed by atoms with Gasteiger partial charge < -0.3 is 20.5 Å². The van der Waals surface area contributed by atoms with Crippen molar-refractivity contribution in [3.05, 3.63) is 48.0 Å². The summed E-state index contributed by atoms with van der Waals surface area (Å²) in [5.41, 5.74) is 0.600. The Morgan fingerprint density at radius 3 is 2.71 bits per heavy atom. The molecule has 0 unspecified atom stereocenters. The summed E-state index contributed by atoms with van der Waals surface area (Å²) >= 11 is 5.18. The molecule has 0 amide bonds. The topological polar surface area (TPSA) is 96.4 Å². The number of anilines is 1. The van der Waals surface area contributed by atoms with E-state index in [1.165, 1.54) is 43.8 Å². The Labute approximate surface area is 142 Å². The molecule has 0 aliphatic rings. The van der Waals surface area contributed by atoms with Crippen LogP contribution in [0.25, 0.3) is 0 Å². The second-order valence-corrected chi connectivity index (χ2v) is 5.15. The normalized spacial score (nSPS) is 11.4. The highest BCUT2D eigenvalue weighted by atomic mass is 32.1. The molecule has 1 heterocycles. The molecular weight excluding hydrogens is 335 g/mol. The average molecular weight is 350 g/mol. The van der Waals surface area contributed by atoms with Crippen molar-refractivity contribution in [1.29, 1.82) is 0 Å². The molecule has 0 fully saturated rings. The van der Waals surface area contributed by atoms with E-state index < -0.39 is 17.8 Å². The molecule has 1 aromatic carbocycles. The molecule has 3 N–H and O–H groups in total. The van der Waals surface area contributed by atoms with Gasteiger partial charge in [0.05, 0.1) is 19.6 Å². The first-order valence-electron chi connectivity index (χ1n) is 6.88. The summed E-state index contributed by atoms with van der Waals surface area (Å²) in [6.07, 6.45) is 1.08. The molecule has 0 saturated heterocycles. The molecule has 126 valence electrons. The molecule has 2 aromatic rings. The summed E-state index contributed by atoms with van der Waals surface area (Å²) in [7, 11) is 1.47. The van der Waals surface area contributed by atoms with E-state index in [0.29, 0.717) is 17.3 Å². The minimum absolute atomic E-state index is 0.173. The number of aromatic nitrogens is 2. The van der Waals surface area contributed by atoms with Crippen LogP contribution in [0.5, 0.6) is 5.88 Å². The average Bonchev–Trinajstić information content (AvgIpc) is 2.54. The highest BCUT2D eigenvalue weighted by Crippen LogP contribution is 2.18. The number of aliphatic carboxylic acids is 1. The van der Waals surface area contributed by atoms with Crippen LogP contribution in [0, 0.1) is 5.82 Å². The molecule has 0 aliphatic carbocycles. The van der Waals surface area contributed by atoms with E-state index in [0.717, 1.165) is 0 Å². The Hall–Kier alpha value is -2.81. The molecule has 1 aromatic heterocycles. The third-order valence-corrected chi connectivity index (χ3v) is 3.27. The summed E-state index contributed by atoms with van der Waals surface area (Å²) in [6.45, 7) is 0. The molecule has 9 heteroatoms. The van der Waals surface area contributed by atoms with E-state index >= 15 is 0 Å². The number of nitrogens with one attached hydrogen (secondary N) is 2. The van der Waals surface area contributed by atoms with E-state index in [9.17, 15) is 9.18 Å². The zero-order valence-corrected chi connectivity index (χ0v) is 13.5. The van der Waals surface area contributed by atoms with E-state index in [4.69, 9.17) is 22.1 Å². The van der Waals surface area contributed by atoms with E-state index in [2.05, 4.69) is 20.6 Å². The number of hydrogen-bond donors (Lipinski definition) is 3. The van der Waals surface area contributed by atoms with Crippen molar-refractivity contribution in [2.75, 3.05) is 12.4 Å². The number of thiocarbonyl (C=S) groups is 1. The van der Waals surface area contributed by atoms with E-state index in [-0.39, 0.29) is 11.5 Å². The summed E-state index contributed by atoms with van der Waals surface area (Å²) in [4.78, 5) is 18.9. The second kappa shape index (κ2) is 8.16. The van der Waals surface area contributed by atoms with Crippen molar-refractivity contribution in [2.45, 2.75) is 12.5 Å². The van der Waals surface area contributed by atoms with Crippen molar-refractivity contribution in [1.82, 2.24) is 15.3 Å². The van der Waals surface area contributed by atoms with Crippen LogP contribution < -0.4 is 15.4 Å². The Balaban J connectivity index is 2.08. The third-order valence-electron chi connectivity index (χ3n) is 3.05. The third kappa shape index (κ3) is 5.13. The van der Waals surface area contributed by atoms with Crippen LogP contribution in [0.4, 0.5) is 10.2 Å². The maximum Gasteiger partial charge on any atom is 0.305 e. The van der Waals surface area contributed by atoms with Crippen LogP contribution in [0.1, 0.15) is 18.0 Å². The molecule has 0 spiro atoms. The number of carboxylic acid groups (broad SMARTS) is 1. The Morgan fingerprint density at radius 2 is 2.08 bits per heavy atom. The molecular formula is C15H15FN4O3S. The van der Waals surface area contributed by atoms with Gasteiger partial charge in [-0.25, -0.2) is 14.4 Å².